The molecule has 0 aliphatic carbocycles. The average Bonchev–Trinajstić information content (AvgIpc) is 2.36. The van der Waals surface area contributed by atoms with Gasteiger partial charge in [-0.05, 0) is 0 Å². The molecule has 0 aliphatic rings. The van der Waals surface area contributed by atoms with Crippen molar-refractivity contribution in [3.05, 3.63) is 35.4 Å². The summed E-state index contributed by atoms with van der Waals surface area (Å²) in [6, 6.07) is 7.50. The fourth-order valence-corrected chi connectivity index (χ4v) is 1.38. The van der Waals surface area contributed by atoms with Crippen molar-refractivity contribution >= 4 is 6.29 Å². The topological polar surface area (TPSA) is 90.6 Å². The van der Waals surface area contributed by atoms with E-state index in [0.29, 0.717) is 6.29 Å². The number of rotatable bonds is 4. The fourth-order valence-electron chi connectivity index (χ4n) is 1.38. The molecule has 0 aliphatic heterocycles. The lowest BCUT2D eigenvalue weighted by Gasteiger charge is -2.28. The molecule has 2 N–H and O–H groups in total. The molecule has 1 rings (SSSR count). The molecule has 0 heterocycles. The molecule has 0 fully saturated rings. The monoisotopic (exact) mass is 221 g/mol. The summed E-state index contributed by atoms with van der Waals surface area (Å²) < 4.78 is 4.74. The second-order valence-corrected chi connectivity index (χ2v) is 3.14. The summed E-state index contributed by atoms with van der Waals surface area (Å²) in [5.41, 5.74) is 0.211. The van der Waals surface area contributed by atoms with Crippen LogP contribution in [-0.2, 0) is 10.5 Å². The Balaban J connectivity index is 3.33. The number of benzene rings is 1. The summed E-state index contributed by atoms with van der Waals surface area (Å²) in [6.07, 6.45) is -1.26. The highest BCUT2D eigenvalue weighted by Crippen LogP contribution is 2.28. The maximum absolute atomic E-state index is 10.8. The van der Waals surface area contributed by atoms with Gasteiger partial charge in [-0.2, -0.15) is 5.26 Å². The zero-order valence-electron chi connectivity index (χ0n) is 8.62. The van der Waals surface area contributed by atoms with Crippen LogP contribution in [0.5, 0.6) is 0 Å². The number of nitriles is 1. The average molecular weight is 221 g/mol. The van der Waals surface area contributed by atoms with E-state index in [1.165, 1.54) is 18.2 Å². The molecule has 5 heteroatoms. The van der Waals surface area contributed by atoms with Gasteiger partial charge in [0.1, 0.15) is 6.07 Å². The van der Waals surface area contributed by atoms with Crippen molar-refractivity contribution in [1.82, 2.24) is 0 Å². The van der Waals surface area contributed by atoms with E-state index >= 15 is 0 Å². The number of hydrogen-bond donors (Lipinski definition) is 2. The van der Waals surface area contributed by atoms with Gasteiger partial charge < -0.3 is 14.9 Å². The second kappa shape index (κ2) is 4.86. The summed E-state index contributed by atoms with van der Waals surface area (Å²) in [6.45, 7) is 0. The van der Waals surface area contributed by atoms with E-state index in [9.17, 15) is 15.0 Å². The Hall–Kier alpha value is -1.74. The Morgan fingerprint density at radius 1 is 1.56 bits per heavy atom. The number of ether oxygens (including phenoxy) is 1. The molecule has 1 aromatic rings. The summed E-state index contributed by atoms with van der Waals surface area (Å²) in [5.74, 6) is -2.20. The van der Waals surface area contributed by atoms with Crippen molar-refractivity contribution in [2.24, 2.45) is 0 Å². The Morgan fingerprint density at radius 2 is 2.19 bits per heavy atom. The van der Waals surface area contributed by atoms with Crippen LogP contribution in [0.2, 0.25) is 0 Å². The first-order valence-corrected chi connectivity index (χ1v) is 4.50. The summed E-state index contributed by atoms with van der Waals surface area (Å²) in [5, 5.41) is 28.0. The van der Waals surface area contributed by atoms with Crippen LogP contribution in [0.25, 0.3) is 0 Å². The molecule has 5 nitrogen and oxygen atoms in total. The third-order valence-corrected chi connectivity index (χ3v) is 2.28. The van der Waals surface area contributed by atoms with Crippen molar-refractivity contribution in [1.29, 1.82) is 5.26 Å². The Bertz CT molecular complexity index is 426. The molecule has 2 unspecified atom stereocenters. The third kappa shape index (κ3) is 1.95. The maximum atomic E-state index is 10.8. The van der Waals surface area contributed by atoms with Crippen LogP contribution in [-0.4, -0.2) is 29.7 Å². The van der Waals surface area contributed by atoms with Crippen molar-refractivity contribution in [2.45, 2.75) is 11.9 Å². The molecular weight excluding hydrogens is 210 g/mol. The van der Waals surface area contributed by atoms with Crippen molar-refractivity contribution in [3.8, 4) is 6.07 Å². The number of aliphatic hydroxyl groups is 2. The first-order chi connectivity index (χ1) is 7.60. The van der Waals surface area contributed by atoms with Crippen LogP contribution >= 0.6 is 0 Å². The molecule has 1 aromatic carbocycles. The highest BCUT2D eigenvalue weighted by atomic mass is 16.6. The minimum atomic E-state index is -2.20. The molecule has 2 atom stereocenters. The normalized spacial score (nSPS) is 15.9. The number of nitrogens with zero attached hydrogens (tertiary/aromatic N) is 1. The van der Waals surface area contributed by atoms with Gasteiger partial charge in [0.05, 0.1) is 0 Å². The van der Waals surface area contributed by atoms with E-state index in [-0.39, 0.29) is 11.1 Å². The van der Waals surface area contributed by atoms with Gasteiger partial charge in [0, 0.05) is 18.2 Å². The van der Waals surface area contributed by atoms with Crippen molar-refractivity contribution in [2.75, 3.05) is 7.11 Å². The molecule has 0 spiro atoms. The lowest BCUT2D eigenvalue weighted by atomic mass is 9.96. The highest BCUT2D eigenvalue weighted by molar-refractivity contribution is 5.77. The van der Waals surface area contributed by atoms with Gasteiger partial charge in [0.2, 0.25) is 5.79 Å². The zero-order chi connectivity index (χ0) is 12.2. The van der Waals surface area contributed by atoms with Gasteiger partial charge in [-0.15, -0.1) is 0 Å². The second-order valence-electron chi connectivity index (χ2n) is 3.14. The first kappa shape index (κ1) is 12.3. The molecule has 0 saturated carbocycles. The molecule has 0 radical (unpaired) electrons. The summed E-state index contributed by atoms with van der Waals surface area (Å²) in [4.78, 5) is 10.8. The predicted octanol–water partition coefficient (Wildman–Crippen LogP) is 0.175. The third-order valence-electron chi connectivity index (χ3n) is 2.28. The number of hydrogen-bond acceptors (Lipinski definition) is 5. The molecule has 0 saturated heterocycles. The largest absolute Gasteiger partial charge is 0.373 e. The highest BCUT2D eigenvalue weighted by Gasteiger charge is 2.39. The van der Waals surface area contributed by atoms with E-state index < -0.39 is 11.9 Å². The van der Waals surface area contributed by atoms with Gasteiger partial charge in [0.25, 0.3) is 0 Å². The van der Waals surface area contributed by atoms with Gasteiger partial charge >= 0.3 is 0 Å². The van der Waals surface area contributed by atoms with Crippen molar-refractivity contribution < 1.29 is 19.7 Å². The van der Waals surface area contributed by atoms with Gasteiger partial charge in [-0.1, -0.05) is 24.3 Å². The van der Waals surface area contributed by atoms with Gasteiger partial charge in [-0.25, -0.2) is 0 Å². The lowest BCUT2D eigenvalue weighted by molar-refractivity contribution is -0.237. The molecule has 0 bridgehead atoms. The zero-order valence-corrected chi connectivity index (χ0v) is 8.62. The van der Waals surface area contributed by atoms with Crippen LogP contribution in [0.3, 0.4) is 0 Å². The van der Waals surface area contributed by atoms with Gasteiger partial charge in [-0.3, -0.25) is 4.79 Å². The smallest absolute Gasteiger partial charge is 0.233 e. The van der Waals surface area contributed by atoms with Crippen molar-refractivity contribution in [3.63, 3.8) is 0 Å². The molecule has 0 aromatic heterocycles. The predicted molar refractivity (Wildman–Crippen MR) is 54.4 cm³/mol. The van der Waals surface area contributed by atoms with E-state index in [1.54, 1.807) is 12.1 Å². The summed E-state index contributed by atoms with van der Waals surface area (Å²) in [7, 11) is 1.14. The Morgan fingerprint density at radius 3 is 2.69 bits per heavy atom. The van der Waals surface area contributed by atoms with Crippen LogP contribution in [0, 0.1) is 11.3 Å². The van der Waals surface area contributed by atoms with E-state index in [2.05, 4.69) is 0 Å². The fraction of sp³-hybridized carbons (Fsp3) is 0.273. The number of carbonyl (C=O) groups excluding carboxylic acids is 1. The Labute approximate surface area is 92.5 Å². The lowest BCUT2D eigenvalue weighted by Crippen LogP contribution is -2.41. The van der Waals surface area contributed by atoms with E-state index in [0.717, 1.165) is 7.11 Å². The van der Waals surface area contributed by atoms with Crippen LogP contribution < -0.4 is 0 Å². The minimum Gasteiger partial charge on any atom is -0.373 e. The molecule has 0 amide bonds. The SMILES string of the molecule is COC(O)(c1ccccc1C=O)C(O)C#N. The molecule has 16 heavy (non-hydrogen) atoms. The Kier molecular flexibility index (Phi) is 3.74. The summed E-state index contributed by atoms with van der Waals surface area (Å²) >= 11 is 0. The van der Waals surface area contributed by atoms with Crippen LogP contribution in [0.4, 0.5) is 0 Å². The van der Waals surface area contributed by atoms with E-state index in [4.69, 9.17) is 10.00 Å². The number of methoxy groups -OCH3 is 1. The van der Waals surface area contributed by atoms with E-state index in [1.807, 2.05) is 0 Å². The maximum Gasteiger partial charge on any atom is 0.233 e. The van der Waals surface area contributed by atoms with Crippen LogP contribution in [0.1, 0.15) is 15.9 Å². The molecular formula is C11H11NO4. The van der Waals surface area contributed by atoms with Crippen LogP contribution in [0.15, 0.2) is 24.3 Å². The van der Waals surface area contributed by atoms with Gasteiger partial charge in [0.15, 0.2) is 12.4 Å². The number of aldehydes is 1. The minimum absolute atomic E-state index is 0.0570. The standard InChI is InChI=1S/C11H11NO4/c1-16-11(15,10(14)6-12)9-5-3-2-4-8(9)7-13/h2-5,7,10,14-15H,1H3. The number of carbonyl (C=O) groups is 1. The quantitative estimate of drug-likeness (QED) is 0.430. The molecule has 84 valence electrons. The first-order valence-electron chi connectivity index (χ1n) is 4.50. The number of aliphatic hydroxyl groups excluding tert-OH is 1.